The van der Waals surface area contributed by atoms with Crippen molar-refractivity contribution in [2.75, 3.05) is 6.54 Å². The minimum Gasteiger partial charge on any atom is -0.315 e. The van der Waals surface area contributed by atoms with Gasteiger partial charge in [-0.05, 0) is 30.2 Å². The molecule has 1 saturated carbocycles. The van der Waals surface area contributed by atoms with E-state index in [2.05, 4.69) is 35.2 Å². The van der Waals surface area contributed by atoms with Gasteiger partial charge in [0.05, 0.1) is 6.17 Å². The van der Waals surface area contributed by atoms with E-state index in [0.29, 0.717) is 6.17 Å². The van der Waals surface area contributed by atoms with Gasteiger partial charge < -0.3 is 5.73 Å². The maximum Gasteiger partial charge on any atom is 0.0607 e. The minimum atomic E-state index is 0.292. The Kier molecular flexibility index (Phi) is 3.17. The van der Waals surface area contributed by atoms with Gasteiger partial charge >= 0.3 is 0 Å². The van der Waals surface area contributed by atoms with Crippen LogP contribution in [-0.4, -0.2) is 17.6 Å². The highest BCUT2D eigenvalue weighted by molar-refractivity contribution is 5.15. The molecule has 3 atom stereocenters. The maximum atomic E-state index is 6.41. The number of hydrogen-bond donors (Lipinski definition) is 1. The van der Waals surface area contributed by atoms with Crippen LogP contribution in [0, 0.1) is 11.8 Å². The molecule has 1 aromatic carbocycles. The van der Waals surface area contributed by atoms with E-state index in [1.165, 1.54) is 37.8 Å². The topological polar surface area (TPSA) is 29.3 Å². The number of benzene rings is 1. The molecule has 1 aliphatic heterocycles. The Balaban J connectivity index is 1.68. The van der Waals surface area contributed by atoms with Crippen molar-refractivity contribution in [2.24, 2.45) is 17.6 Å². The molecule has 1 heterocycles. The summed E-state index contributed by atoms with van der Waals surface area (Å²) in [5.41, 5.74) is 7.80. The fourth-order valence-electron chi connectivity index (χ4n) is 3.59. The van der Waals surface area contributed by atoms with Crippen LogP contribution in [0.15, 0.2) is 30.3 Å². The van der Waals surface area contributed by atoms with Crippen molar-refractivity contribution in [1.29, 1.82) is 0 Å². The zero-order valence-electron chi connectivity index (χ0n) is 10.4. The highest BCUT2D eigenvalue weighted by Crippen LogP contribution is 2.39. The van der Waals surface area contributed by atoms with E-state index in [0.717, 1.165) is 18.4 Å². The molecule has 2 unspecified atom stereocenters. The first kappa shape index (κ1) is 11.2. The molecule has 2 heteroatoms. The van der Waals surface area contributed by atoms with Gasteiger partial charge in [-0.2, -0.15) is 0 Å². The summed E-state index contributed by atoms with van der Waals surface area (Å²) >= 11 is 0. The normalized spacial score (nSPS) is 33.6. The van der Waals surface area contributed by atoms with Gasteiger partial charge in [-0.1, -0.05) is 43.2 Å². The van der Waals surface area contributed by atoms with Crippen LogP contribution in [0.25, 0.3) is 0 Å². The second kappa shape index (κ2) is 4.79. The lowest BCUT2D eigenvalue weighted by atomic mass is 9.81. The first-order valence-electron chi connectivity index (χ1n) is 6.88. The van der Waals surface area contributed by atoms with E-state index < -0.39 is 0 Å². The number of nitrogens with zero attached hydrogens (tertiary/aromatic N) is 1. The van der Waals surface area contributed by atoms with Gasteiger partial charge in [0.25, 0.3) is 0 Å². The Morgan fingerprint density at radius 2 is 1.88 bits per heavy atom. The van der Waals surface area contributed by atoms with Crippen molar-refractivity contribution in [2.45, 2.75) is 38.4 Å². The summed E-state index contributed by atoms with van der Waals surface area (Å²) in [6.07, 6.45) is 5.82. The number of likely N-dealkylation sites (tertiary alicyclic amines) is 1. The van der Waals surface area contributed by atoms with Crippen molar-refractivity contribution in [3.63, 3.8) is 0 Å². The summed E-state index contributed by atoms with van der Waals surface area (Å²) in [6.45, 7) is 2.23. The second-order valence-corrected chi connectivity index (χ2v) is 5.61. The molecule has 0 bridgehead atoms. The van der Waals surface area contributed by atoms with Crippen molar-refractivity contribution in [1.82, 2.24) is 4.90 Å². The van der Waals surface area contributed by atoms with Crippen LogP contribution in [-0.2, 0) is 6.54 Å². The summed E-state index contributed by atoms with van der Waals surface area (Å²) in [6, 6.07) is 10.7. The zero-order valence-corrected chi connectivity index (χ0v) is 10.4. The number of hydrogen-bond acceptors (Lipinski definition) is 2. The molecule has 0 amide bonds. The van der Waals surface area contributed by atoms with Crippen LogP contribution >= 0.6 is 0 Å². The lowest BCUT2D eigenvalue weighted by Gasteiger charge is -2.27. The van der Waals surface area contributed by atoms with Gasteiger partial charge in [-0.3, -0.25) is 4.90 Å². The highest BCUT2D eigenvalue weighted by Gasteiger charge is 2.40. The van der Waals surface area contributed by atoms with Crippen LogP contribution < -0.4 is 5.73 Å². The minimum absolute atomic E-state index is 0.292. The van der Waals surface area contributed by atoms with E-state index in [-0.39, 0.29) is 0 Å². The highest BCUT2D eigenvalue weighted by atomic mass is 15.3. The molecule has 0 spiro atoms. The van der Waals surface area contributed by atoms with Gasteiger partial charge in [0.2, 0.25) is 0 Å². The van der Waals surface area contributed by atoms with E-state index in [1.807, 2.05) is 0 Å². The predicted molar refractivity (Wildman–Crippen MR) is 70.3 cm³/mol. The SMILES string of the molecule is N[C@H]1C2CCCCC2CN1Cc1ccccc1. The summed E-state index contributed by atoms with van der Waals surface area (Å²) in [4.78, 5) is 2.48. The van der Waals surface area contributed by atoms with Crippen LogP contribution in [0.2, 0.25) is 0 Å². The molecule has 2 nitrogen and oxygen atoms in total. The molecule has 92 valence electrons. The monoisotopic (exact) mass is 230 g/mol. The number of nitrogens with two attached hydrogens (primary N) is 1. The maximum absolute atomic E-state index is 6.41. The third-order valence-electron chi connectivity index (χ3n) is 4.53. The molecule has 1 aromatic rings. The second-order valence-electron chi connectivity index (χ2n) is 5.61. The first-order valence-corrected chi connectivity index (χ1v) is 6.88. The molecule has 2 fully saturated rings. The molecule has 1 aliphatic carbocycles. The average Bonchev–Trinajstić information content (AvgIpc) is 2.68. The Morgan fingerprint density at radius 3 is 2.65 bits per heavy atom. The van der Waals surface area contributed by atoms with Crippen LogP contribution in [0.5, 0.6) is 0 Å². The molecule has 3 rings (SSSR count). The van der Waals surface area contributed by atoms with Crippen molar-refractivity contribution >= 4 is 0 Å². The van der Waals surface area contributed by atoms with Gasteiger partial charge in [-0.15, -0.1) is 0 Å². The van der Waals surface area contributed by atoms with Gasteiger partial charge in [0.15, 0.2) is 0 Å². The molecule has 17 heavy (non-hydrogen) atoms. The standard InChI is InChI=1S/C15H22N2/c16-15-14-9-5-4-8-13(14)11-17(15)10-12-6-2-1-3-7-12/h1-3,6-7,13-15H,4-5,8-11,16H2/t13?,14?,15-/m1/s1. The fraction of sp³-hybridized carbons (Fsp3) is 0.600. The number of rotatable bonds is 2. The smallest absolute Gasteiger partial charge is 0.0607 e. The first-order chi connectivity index (χ1) is 8.34. The fourth-order valence-corrected chi connectivity index (χ4v) is 3.59. The van der Waals surface area contributed by atoms with E-state index in [9.17, 15) is 0 Å². The van der Waals surface area contributed by atoms with Crippen molar-refractivity contribution < 1.29 is 0 Å². The predicted octanol–water partition coefficient (Wildman–Crippen LogP) is 2.59. The van der Waals surface area contributed by atoms with Gasteiger partial charge in [0, 0.05) is 13.1 Å². The average molecular weight is 230 g/mol. The molecule has 0 radical (unpaired) electrons. The molecular formula is C15H22N2. The van der Waals surface area contributed by atoms with Crippen molar-refractivity contribution in [3.8, 4) is 0 Å². The molecule has 2 aliphatic rings. The van der Waals surface area contributed by atoms with E-state index >= 15 is 0 Å². The van der Waals surface area contributed by atoms with Gasteiger partial charge in [0.1, 0.15) is 0 Å². The zero-order chi connectivity index (χ0) is 11.7. The summed E-state index contributed by atoms with van der Waals surface area (Å²) in [5, 5.41) is 0. The Morgan fingerprint density at radius 1 is 1.12 bits per heavy atom. The van der Waals surface area contributed by atoms with Gasteiger partial charge in [-0.25, -0.2) is 0 Å². The Hall–Kier alpha value is -0.860. The van der Waals surface area contributed by atoms with E-state index in [1.54, 1.807) is 0 Å². The Bertz CT molecular complexity index is 362. The third kappa shape index (κ3) is 2.24. The molecule has 0 aromatic heterocycles. The van der Waals surface area contributed by atoms with E-state index in [4.69, 9.17) is 5.73 Å². The lowest BCUT2D eigenvalue weighted by Crippen LogP contribution is -2.40. The van der Waals surface area contributed by atoms with Crippen LogP contribution in [0.4, 0.5) is 0 Å². The molecule has 1 saturated heterocycles. The summed E-state index contributed by atoms with van der Waals surface area (Å²) in [5.74, 6) is 1.62. The summed E-state index contributed by atoms with van der Waals surface area (Å²) < 4.78 is 0. The Labute approximate surface area is 104 Å². The third-order valence-corrected chi connectivity index (χ3v) is 4.53. The largest absolute Gasteiger partial charge is 0.315 e. The lowest BCUT2D eigenvalue weighted by molar-refractivity contribution is 0.210. The molecular weight excluding hydrogens is 208 g/mol. The summed E-state index contributed by atoms with van der Waals surface area (Å²) in [7, 11) is 0. The van der Waals surface area contributed by atoms with Crippen molar-refractivity contribution in [3.05, 3.63) is 35.9 Å². The quantitative estimate of drug-likeness (QED) is 0.846. The number of fused-ring (bicyclic) bond motifs is 1. The van der Waals surface area contributed by atoms with Crippen LogP contribution in [0.1, 0.15) is 31.2 Å². The molecule has 2 N–H and O–H groups in total. The van der Waals surface area contributed by atoms with Crippen LogP contribution in [0.3, 0.4) is 0 Å².